The van der Waals surface area contributed by atoms with Crippen molar-refractivity contribution in [2.24, 2.45) is 0 Å². The van der Waals surface area contributed by atoms with Crippen LogP contribution in [0, 0.1) is 5.82 Å². The summed E-state index contributed by atoms with van der Waals surface area (Å²) in [5.74, 6) is -0.0959. The SMILES string of the molecule is COc1cc(CC[C@H](C)O)ccc1F. The van der Waals surface area contributed by atoms with E-state index in [-0.39, 0.29) is 17.7 Å². The van der Waals surface area contributed by atoms with Gasteiger partial charge in [-0.15, -0.1) is 0 Å². The molecular weight excluding hydrogens is 183 g/mol. The quantitative estimate of drug-likeness (QED) is 0.803. The number of aryl methyl sites for hydroxylation is 1. The summed E-state index contributed by atoms with van der Waals surface area (Å²) in [6.45, 7) is 1.74. The largest absolute Gasteiger partial charge is 0.494 e. The zero-order chi connectivity index (χ0) is 10.6. The second-order valence-corrected chi connectivity index (χ2v) is 3.36. The smallest absolute Gasteiger partial charge is 0.165 e. The molecule has 0 radical (unpaired) electrons. The van der Waals surface area contributed by atoms with Crippen LogP contribution in [0.1, 0.15) is 18.9 Å². The van der Waals surface area contributed by atoms with Gasteiger partial charge in [-0.05, 0) is 37.5 Å². The van der Waals surface area contributed by atoms with Crippen molar-refractivity contribution in [2.45, 2.75) is 25.9 Å². The minimum absolute atomic E-state index is 0.257. The fourth-order valence-electron chi connectivity index (χ4n) is 1.24. The molecule has 2 nitrogen and oxygen atoms in total. The molecule has 1 aromatic rings. The van der Waals surface area contributed by atoms with Gasteiger partial charge in [-0.1, -0.05) is 6.07 Å². The summed E-state index contributed by atoms with van der Waals surface area (Å²) in [5.41, 5.74) is 0.976. The lowest BCUT2D eigenvalue weighted by molar-refractivity contribution is 0.185. The predicted octanol–water partition coefficient (Wildman–Crippen LogP) is 2.15. The van der Waals surface area contributed by atoms with E-state index in [9.17, 15) is 4.39 Å². The van der Waals surface area contributed by atoms with Gasteiger partial charge in [0.2, 0.25) is 0 Å². The minimum Gasteiger partial charge on any atom is -0.494 e. The summed E-state index contributed by atoms with van der Waals surface area (Å²) in [7, 11) is 1.44. The molecule has 0 aliphatic rings. The van der Waals surface area contributed by atoms with Crippen molar-refractivity contribution in [1.29, 1.82) is 0 Å². The van der Waals surface area contributed by atoms with Gasteiger partial charge in [0.15, 0.2) is 11.6 Å². The van der Waals surface area contributed by atoms with E-state index in [4.69, 9.17) is 9.84 Å². The monoisotopic (exact) mass is 198 g/mol. The van der Waals surface area contributed by atoms with Crippen LogP contribution in [0.2, 0.25) is 0 Å². The highest BCUT2D eigenvalue weighted by Crippen LogP contribution is 2.19. The molecule has 78 valence electrons. The number of hydrogen-bond donors (Lipinski definition) is 1. The van der Waals surface area contributed by atoms with Crippen molar-refractivity contribution in [3.63, 3.8) is 0 Å². The highest BCUT2D eigenvalue weighted by atomic mass is 19.1. The van der Waals surface area contributed by atoms with E-state index in [0.717, 1.165) is 12.0 Å². The number of benzene rings is 1. The molecule has 0 amide bonds. The molecule has 0 heterocycles. The standard InChI is InChI=1S/C11H15FO2/c1-8(13)3-4-9-5-6-10(12)11(7-9)14-2/h5-8,13H,3-4H2,1-2H3/t8-/m0/s1. The molecule has 3 heteroatoms. The zero-order valence-corrected chi connectivity index (χ0v) is 8.46. The Balaban J connectivity index is 2.69. The Kier molecular flexibility index (Phi) is 3.89. The van der Waals surface area contributed by atoms with Gasteiger partial charge in [-0.3, -0.25) is 0 Å². The number of halogens is 1. The van der Waals surface area contributed by atoms with Crippen LogP contribution in [-0.4, -0.2) is 18.3 Å². The van der Waals surface area contributed by atoms with Gasteiger partial charge >= 0.3 is 0 Å². The van der Waals surface area contributed by atoms with Crippen LogP contribution in [0.5, 0.6) is 5.75 Å². The first-order valence-electron chi connectivity index (χ1n) is 4.64. The molecular formula is C11H15FO2. The average Bonchev–Trinajstić information content (AvgIpc) is 2.16. The molecule has 1 rings (SSSR count). The molecule has 0 bridgehead atoms. The number of ether oxygens (including phenoxy) is 1. The van der Waals surface area contributed by atoms with E-state index in [1.54, 1.807) is 19.1 Å². The molecule has 0 unspecified atom stereocenters. The molecule has 14 heavy (non-hydrogen) atoms. The van der Waals surface area contributed by atoms with Crippen LogP contribution in [0.25, 0.3) is 0 Å². The van der Waals surface area contributed by atoms with Crippen molar-refractivity contribution in [3.8, 4) is 5.75 Å². The Morgan fingerprint density at radius 3 is 2.79 bits per heavy atom. The fraction of sp³-hybridized carbons (Fsp3) is 0.455. The van der Waals surface area contributed by atoms with Crippen LogP contribution in [0.3, 0.4) is 0 Å². The fourth-order valence-corrected chi connectivity index (χ4v) is 1.24. The first kappa shape index (κ1) is 11.0. The van der Waals surface area contributed by atoms with Crippen LogP contribution in [-0.2, 0) is 6.42 Å². The third kappa shape index (κ3) is 3.00. The molecule has 0 saturated heterocycles. The Hall–Kier alpha value is -1.09. The van der Waals surface area contributed by atoms with Crippen molar-refractivity contribution in [1.82, 2.24) is 0 Å². The minimum atomic E-state index is -0.353. The average molecular weight is 198 g/mol. The summed E-state index contributed by atoms with van der Waals surface area (Å²) < 4.78 is 17.8. The first-order valence-corrected chi connectivity index (χ1v) is 4.64. The second kappa shape index (κ2) is 4.96. The molecule has 0 aliphatic carbocycles. The van der Waals surface area contributed by atoms with Crippen LogP contribution < -0.4 is 4.74 Å². The van der Waals surface area contributed by atoms with E-state index in [1.165, 1.54) is 13.2 Å². The van der Waals surface area contributed by atoms with Crippen molar-refractivity contribution in [2.75, 3.05) is 7.11 Å². The van der Waals surface area contributed by atoms with Crippen LogP contribution in [0.15, 0.2) is 18.2 Å². The zero-order valence-electron chi connectivity index (χ0n) is 8.46. The number of aliphatic hydroxyl groups is 1. The summed E-state index contributed by atoms with van der Waals surface area (Å²) in [6, 6.07) is 4.76. The molecule has 1 aromatic carbocycles. The molecule has 0 aromatic heterocycles. The number of aliphatic hydroxyl groups excluding tert-OH is 1. The molecule has 1 N–H and O–H groups in total. The number of hydrogen-bond acceptors (Lipinski definition) is 2. The van der Waals surface area contributed by atoms with E-state index < -0.39 is 0 Å². The van der Waals surface area contributed by atoms with Crippen LogP contribution >= 0.6 is 0 Å². The first-order chi connectivity index (χ1) is 6.63. The lowest BCUT2D eigenvalue weighted by Crippen LogP contribution is -2.01. The predicted molar refractivity (Wildman–Crippen MR) is 53.0 cm³/mol. The lowest BCUT2D eigenvalue weighted by Gasteiger charge is -2.06. The maximum Gasteiger partial charge on any atom is 0.165 e. The Morgan fingerprint density at radius 1 is 1.50 bits per heavy atom. The van der Waals surface area contributed by atoms with Gasteiger partial charge < -0.3 is 9.84 Å². The van der Waals surface area contributed by atoms with Gasteiger partial charge in [-0.2, -0.15) is 0 Å². The second-order valence-electron chi connectivity index (χ2n) is 3.36. The lowest BCUT2D eigenvalue weighted by atomic mass is 10.1. The van der Waals surface area contributed by atoms with E-state index in [2.05, 4.69) is 0 Å². The number of rotatable bonds is 4. The normalized spacial score (nSPS) is 12.6. The topological polar surface area (TPSA) is 29.5 Å². The third-order valence-corrected chi connectivity index (χ3v) is 2.07. The number of methoxy groups -OCH3 is 1. The highest BCUT2D eigenvalue weighted by molar-refractivity contribution is 5.30. The molecule has 1 atom stereocenters. The van der Waals surface area contributed by atoms with E-state index in [1.807, 2.05) is 0 Å². The Morgan fingerprint density at radius 2 is 2.21 bits per heavy atom. The van der Waals surface area contributed by atoms with Crippen LogP contribution in [0.4, 0.5) is 4.39 Å². The van der Waals surface area contributed by atoms with Crippen molar-refractivity contribution >= 4 is 0 Å². The summed E-state index contributed by atoms with van der Waals surface area (Å²) in [4.78, 5) is 0. The van der Waals surface area contributed by atoms with Gasteiger partial charge in [-0.25, -0.2) is 4.39 Å². The van der Waals surface area contributed by atoms with Gasteiger partial charge in [0.25, 0.3) is 0 Å². The molecule has 0 saturated carbocycles. The van der Waals surface area contributed by atoms with Crippen molar-refractivity contribution in [3.05, 3.63) is 29.6 Å². The molecule has 0 aliphatic heterocycles. The third-order valence-electron chi connectivity index (χ3n) is 2.07. The van der Waals surface area contributed by atoms with E-state index in [0.29, 0.717) is 6.42 Å². The van der Waals surface area contributed by atoms with Crippen molar-refractivity contribution < 1.29 is 14.2 Å². The maximum absolute atomic E-state index is 13.0. The Bertz CT molecular complexity index is 297. The maximum atomic E-state index is 13.0. The molecule has 0 fully saturated rings. The van der Waals surface area contributed by atoms with Gasteiger partial charge in [0.1, 0.15) is 0 Å². The molecule has 0 spiro atoms. The van der Waals surface area contributed by atoms with Gasteiger partial charge in [0.05, 0.1) is 13.2 Å². The summed E-state index contributed by atoms with van der Waals surface area (Å²) >= 11 is 0. The highest BCUT2D eigenvalue weighted by Gasteiger charge is 2.04. The summed E-state index contributed by atoms with van der Waals surface area (Å²) in [6.07, 6.45) is 1.08. The van der Waals surface area contributed by atoms with E-state index >= 15 is 0 Å². The summed E-state index contributed by atoms with van der Waals surface area (Å²) in [5, 5.41) is 9.09. The Labute approximate surface area is 83.3 Å². The van der Waals surface area contributed by atoms with Gasteiger partial charge in [0, 0.05) is 0 Å².